The van der Waals surface area contributed by atoms with Crippen LogP contribution in [0.1, 0.15) is 118 Å². The summed E-state index contributed by atoms with van der Waals surface area (Å²) in [6.07, 6.45) is 19.3. The number of allylic oxidation sites excluding steroid dienone is 2. The maximum atomic E-state index is 14.3. The Morgan fingerprint density at radius 1 is 1.02 bits per heavy atom. The zero-order valence-corrected chi connectivity index (χ0v) is 29.0. The zero-order valence-electron chi connectivity index (χ0n) is 29.0. The second kappa shape index (κ2) is 19.6. The largest absolute Gasteiger partial charge is 0.384 e. The number of piperidine rings is 1. The lowest BCUT2D eigenvalue weighted by Crippen LogP contribution is -2.46. The summed E-state index contributed by atoms with van der Waals surface area (Å²) < 4.78 is 27.7. The highest BCUT2D eigenvalue weighted by Crippen LogP contribution is 2.33. The number of anilines is 1. The van der Waals surface area contributed by atoms with Gasteiger partial charge in [-0.3, -0.25) is 9.69 Å². The summed E-state index contributed by atoms with van der Waals surface area (Å²) in [5.74, 6) is 1.27. The molecule has 0 bridgehead atoms. The van der Waals surface area contributed by atoms with Gasteiger partial charge in [0, 0.05) is 18.0 Å². The lowest BCUT2D eigenvalue weighted by Gasteiger charge is -2.35. The van der Waals surface area contributed by atoms with Crippen molar-refractivity contribution in [2.75, 3.05) is 25.0 Å². The van der Waals surface area contributed by atoms with Crippen LogP contribution >= 0.6 is 0 Å². The minimum absolute atomic E-state index is 0.0241. The number of ketones is 1. The normalized spacial score (nSPS) is 24.5. The fraction of sp³-hybridized carbons (Fsp3) is 0.649. The van der Waals surface area contributed by atoms with Gasteiger partial charge in [0.15, 0.2) is 5.84 Å². The highest BCUT2D eigenvalue weighted by molar-refractivity contribution is 6.18. The van der Waals surface area contributed by atoms with Gasteiger partial charge in [-0.2, -0.15) is 0 Å². The number of rotatable bonds is 6. The Labute approximate surface area is 276 Å². The highest BCUT2D eigenvalue weighted by Gasteiger charge is 2.37. The minimum atomic E-state index is -0.708. The summed E-state index contributed by atoms with van der Waals surface area (Å²) in [7, 11) is 0. The van der Waals surface area contributed by atoms with E-state index in [-0.39, 0.29) is 23.4 Å². The Hall–Kier alpha value is -3.07. The molecule has 0 unspecified atom stereocenters. The monoisotopic (exact) mass is 640 g/mol. The number of Topliss-reactive ketones (excluding diaryl/α,β-unsaturated/α-hetero) is 1. The molecule has 3 N–H and O–H groups in total. The van der Waals surface area contributed by atoms with Crippen molar-refractivity contribution in [3.63, 3.8) is 0 Å². The van der Waals surface area contributed by atoms with Crippen LogP contribution in [0.25, 0.3) is 0 Å². The smallest absolute Gasteiger partial charge is 0.209 e. The van der Waals surface area contributed by atoms with E-state index in [1.165, 1.54) is 83.1 Å². The van der Waals surface area contributed by atoms with Gasteiger partial charge in [0.05, 0.1) is 5.69 Å². The predicted octanol–water partition coefficient (Wildman–Crippen LogP) is 8.79. The first-order chi connectivity index (χ1) is 22.2. The molecule has 1 saturated heterocycles. The fourth-order valence-corrected chi connectivity index (χ4v) is 6.45. The molecule has 7 nitrogen and oxygen atoms in total. The molecule has 2 heterocycles. The average molecular weight is 641 g/mol. The van der Waals surface area contributed by atoms with Crippen LogP contribution in [-0.4, -0.2) is 53.1 Å². The van der Waals surface area contributed by atoms with Crippen LogP contribution in [0, 0.1) is 23.5 Å². The standard InChI is InChI=1S/C23H29F2N5O.C8H17N.C6H12/c1-4-6-21(26)29-22-19(5-2)27-23(28-20-12-9-16(24)13-18(20)25)30(22)17-10-7-15(8-11-17)14(3)31;1-3-9-6-4-8(2)5-7-9;1-2-4-6-5-3-1/h5-6,9,12-13,15,17H,4,7-8,10-11,26H2,1-3H3,(H,27,28);8H,3-7H2,1-2H3;1-6H2/b19-5+,21-6+,29-22+;;. The number of carbonyl (C=O) groups excluding carboxylic acids is 1. The molecule has 2 aliphatic carbocycles. The SMILES string of the molecule is C/C=C1/N=C(Nc2ccc(F)cc2F)N(C2CCC(C(C)=O)CC2)/C1=N/C(N)=C/CC.C1CCCCC1.CCN1CCC(C)CC1. The van der Waals surface area contributed by atoms with E-state index in [1.807, 2.05) is 30.9 Å². The van der Waals surface area contributed by atoms with E-state index in [1.54, 1.807) is 6.92 Å². The van der Waals surface area contributed by atoms with Crippen molar-refractivity contribution in [2.45, 2.75) is 124 Å². The molecule has 0 spiro atoms. The Morgan fingerprint density at radius 2 is 1.63 bits per heavy atom. The Morgan fingerprint density at radius 3 is 2.13 bits per heavy atom. The number of halogens is 2. The molecule has 46 heavy (non-hydrogen) atoms. The van der Waals surface area contributed by atoms with Crippen molar-refractivity contribution < 1.29 is 13.6 Å². The molecule has 9 heteroatoms. The maximum absolute atomic E-state index is 14.3. The maximum Gasteiger partial charge on any atom is 0.209 e. The first-order valence-corrected chi connectivity index (χ1v) is 17.7. The van der Waals surface area contributed by atoms with Gasteiger partial charge in [0.25, 0.3) is 0 Å². The lowest BCUT2D eigenvalue weighted by molar-refractivity contribution is -0.121. The van der Waals surface area contributed by atoms with Gasteiger partial charge in [0.1, 0.15) is 28.9 Å². The quantitative estimate of drug-likeness (QED) is 0.325. The van der Waals surface area contributed by atoms with Crippen LogP contribution < -0.4 is 11.1 Å². The number of nitrogens with one attached hydrogen (secondary N) is 1. The Kier molecular flexibility index (Phi) is 15.9. The molecular formula is C37H58F2N6O. The summed E-state index contributed by atoms with van der Waals surface area (Å²) in [5.41, 5.74) is 6.81. The molecule has 4 aliphatic rings. The van der Waals surface area contributed by atoms with Gasteiger partial charge in [0.2, 0.25) is 5.96 Å². The van der Waals surface area contributed by atoms with Crippen molar-refractivity contribution in [1.29, 1.82) is 0 Å². The van der Waals surface area contributed by atoms with E-state index in [4.69, 9.17) is 5.73 Å². The van der Waals surface area contributed by atoms with Crippen LogP contribution in [0.5, 0.6) is 0 Å². The molecule has 1 aromatic rings. The number of benzene rings is 1. The molecule has 1 aromatic carbocycles. The van der Waals surface area contributed by atoms with Crippen molar-refractivity contribution in [3.8, 4) is 0 Å². The molecule has 0 aromatic heterocycles. The van der Waals surface area contributed by atoms with Crippen molar-refractivity contribution in [2.24, 2.45) is 27.6 Å². The molecule has 0 radical (unpaired) electrons. The predicted molar refractivity (Wildman–Crippen MR) is 188 cm³/mol. The zero-order chi connectivity index (χ0) is 33.5. The molecule has 5 rings (SSSR count). The molecule has 2 saturated carbocycles. The van der Waals surface area contributed by atoms with Crippen LogP contribution in [-0.2, 0) is 4.79 Å². The lowest BCUT2D eigenvalue weighted by atomic mass is 9.83. The summed E-state index contributed by atoms with van der Waals surface area (Å²) >= 11 is 0. The van der Waals surface area contributed by atoms with E-state index in [2.05, 4.69) is 34.0 Å². The van der Waals surface area contributed by atoms with Crippen LogP contribution in [0.15, 0.2) is 51.9 Å². The van der Waals surface area contributed by atoms with E-state index in [9.17, 15) is 13.6 Å². The first-order valence-electron chi connectivity index (χ1n) is 17.7. The van der Waals surface area contributed by atoms with Crippen LogP contribution in [0.2, 0.25) is 0 Å². The van der Waals surface area contributed by atoms with E-state index in [0.717, 1.165) is 44.1 Å². The third-order valence-electron chi connectivity index (χ3n) is 9.47. The number of aliphatic imine (C=N–C) groups is 2. The third-order valence-corrected chi connectivity index (χ3v) is 9.47. The number of hydrogen-bond acceptors (Lipinski definition) is 6. The van der Waals surface area contributed by atoms with Gasteiger partial charge in [-0.05, 0) is 103 Å². The Balaban J connectivity index is 0.000000311. The highest BCUT2D eigenvalue weighted by atomic mass is 19.1. The van der Waals surface area contributed by atoms with Gasteiger partial charge in [-0.25, -0.2) is 18.8 Å². The third kappa shape index (κ3) is 11.6. The number of nitrogens with zero attached hydrogens (tertiary/aromatic N) is 4. The number of likely N-dealkylation sites (tertiary alicyclic amines) is 1. The summed E-state index contributed by atoms with van der Waals surface area (Å²) in [6, 6.07) is 3.38. The summed E-state index contributed by atoms with van der Waals surface area (Å²) in [5, 5.41) is 3.00. The van der Waals surface area contributed by atoms with E-state index >= 15 is 0 Å². The number of amidine groups is 1. The van der Waals surface area contributed by atoms with Crippen molar-refractivity contribution in [3.05, 3.63) is 53.5 Å². The van der Waals surface area contributed by atoms with Crippen molar-refractivity contribution >= 4 is 23.3 Å². The first kappa shape index (κ1) is 37.4. The molecule has 2 aliphatic heterocycles. The van der Waals surface area contributed by atoms with Gasteiger partial charge >= 0.3 is 0 Å². The van der Waals surface area contributed by atoms with E-state index < -0.39 is 11.6 Å². The van der Waals surface area contributed by atoms with Gasteiger partial charge in [-0.15, -0.1) is 0 Å². The van der Waals surface area contributed by atoms with E-state index in [0.29, 0.717) is 23.3 Å². The molecule has 256 valence electrons. The number of guanidine groups is 1. The summed E-state index contributed by atoms with van der Waals surface area (Å²) in [4.78, 5) is 25.5. The van der Waals surface area contributed by atoms with Gasteiger partial charge in [-0.1, -0.05) is 65.4 Å². The molecule has 0 amide bonds. The molecule has 0 atom stereocenters. The number of nitrogens with two attached hydrogens (primary N) is 1. The second-order valence-electron chi connectivity index (χ2n) is 13.1. The summed E-state index contributed by atoms with van der Waals surface area (Å²) in [6.45, 7) is 14.0. The Bertz CT molecular complexity index is 1210. The number of carbonyl (C=O) groups is 1. The number of hydrogen-bond donors (Lipinski definition) is 2. The average Bonchev–Trinajstić information content (AvgIpc) is 3.40. The fourth-order valence-electron chi connectivity index (χ4n) is 6.45. The second-order valence-corrected chi connectivity index (χ2v) is 13.1. The molecule has 3 fully saturated rings. The van der Waals surface area contributed by atoms with Crippen LogP contribution in [0.4, 0.5) is 14.5 Å². The van der Waals surface area contributed by atoms with Crippen molar-refractivity contribution in [1.82, 2.24) is 9.80 Å². The topological polar surface area (TPSA) is 86.3 Å². The minimum Gasteiger partial charge on any atom is -0.384 e. The van der Waals surface area contributed by atoms with Crippen LogP contribution in [0.3, 0.4) is 0 Å². The molecular weight excluding hydrogens is 582 g/mol. The van der Waals surface area contributed by atoms with Gasteiger partial charge < -0.3 is 16.0 Å².